The maximum Gasteiger partial charge on any atom is 0.274 e. The predicted molar refractivity (Wildman–Crippen MR) is 134 cm³/mol. The number of carbonyl (C=O) groups excluding carboxylic acids is 2. The van der Waals surface area contributed by atoms with Gasteiger partial charge in [0.2, 0.25) is 5.91 Å². The molecule has 0 aliphatic carbocycles. The third kappa shape index (κ3) is 5.42. The number of aromatic nitrogens is 3. The second kappa shape index (κ2) is 10.9. The van der Waals surface area contributed by atoms with Crippen LogP contribution in [0.3, 0.4) is 0 Å². The van der Waals surface area contributed by atoms with Crippen molar-refractivity contribution in [2.24, 2.45) is 0 Å². The van der Waals surface area contributed by atoms with Crippen LogP contribution in [0.4, 0.5) is 11.5 Å². The molecule has 2 fully saturated rings. The van der Waals surface area contributed by atoms with Crippen LogP contribution in [0.1, 0.15) is 17.4 Å². The minimum absolute atomic E-state index is 0.00381. The maximum absolute atomic E-state index is 13.1. The molecule has 0 radical (unpaired) electrons. The molecule has 11 nitrogen and oxygen atoms in total. The van der Waals surface area contributed by atoms with Gasteiger partial charge in [-0.05, 0) is 25.1 Å². The van der Waals surface area contributed by atoms with Gasteiger partial charge >= 0.3 is 0 Å². The first-order valence-electron chi connectivity index (χ1n) is 12.2. The molecule has 5 rings (SSSR count). The van der Waals surface area contributed by atoms with Gasteiger partial charge in [-0.2, -0.15) is 5.10 Å². The molecule has 0 bridgehead atoms. The van der Waals surface area contributed by atoms with Gasteiger partial charge < -0.3 is 29.3 Å². The Morgan fingerprint density at radius 1 is 1.06 bits per heavy atom. The van der Waals surface area contributed by atoms with Crippen molar-refractivity contribution in [1.29, 1.82) is 0 Å². The Morgan fingerprint density at radius 3 is 2.56 bits per heavy atom. The number of carbonyl (C=O) groups is 2. The van der Waals surface area contributed by atoms with Gasteiger partial charge in [-0.25, -0.2) is 4.98 Å². The SMILES string of the molecule is CCOc1cc2nn(CC(=O)N3CCOCC3)cc2cc1NC(=O)c1cccc(N2CCOCC2)n1. The van der Waals surface area contributed by atoms with E-state index >= 15 is 0 Å². The number of anilines is 2. The lowest BCUT2D eigenvalue weighted by atomic mass is 10.2. The van der Waals surface area contributed by atoms with Crippen molar-refractivity contribution in [3.8, 4) is 5.75 Å². The number of amides is 2. The molecule has 2 saturated heterocycles. The minimum atomic E-state index is -0.333. The molecule has 2 aliphatic heterocycles. The maximum atomic E-state index is 13.1. The average Bonchev–Trinajstić information content (AvgIpc) is 3.31. The summed E-state index contributed by atoms with van der Waals surface area (Å²) in [5.41, 5.74) is 1.51. The zero-order chi connectivity index (χ0) is 24.9. The fraction of sp³-hybridized carbons (Fsp3) is 0.440. The number of fused-ring (bicyclic) bond motifs is 1. The van der Waals surface area contributed by atoms with Crippen molar-refractivity contribution < 1.29 is 23.8 Å². The number of morpholine rings is 2. The van der Waals surface area contributed by atoms with Crippen LogP contribution in [0.5, 0.6) is 5.75 Å². The highest BCUT2D eigenvalue weighted by Crippen LogP contribution is 2.30. The van der Waals surface area contributed by atoms with Crippen molar-refractivity contribution in [3.63, 3.8) is 0 Å². The van der Waals surface area contributed by atoms with Crippen molar-refractivity contribution in [3.05, 3.63) is 42.2 Å². The molecular weight excluding hydrogens is 464 g/mol. The molecule has 0 atom stereocenters. The summed E-state index contributed by atoms with van der Waals surface area (Å²) in [7, 11) is 0. The summed E-state index contributed by atoms with van der Waals surface area (Å²) < 4.78 is 18.1. The molecular formula is C25H30N6O5. The summed E-state index contributed by atoms with van der Waals surface area (Å²) in [6.45, 7) is 7.48. The molecule has 11 heteroatoms. The Hall–Kier alpha value is -3.70. The summed E-state index contributed by atoms with van der Waals surface area (Å²) in [6, 6.07) is 9.00. The summed E-state index contributed by atoms with van der Waals surface area (Å²) in [5, 5.41) is 8.28. The fourth-order valence-electron chi connectivity index (χ4n) is 4.31. The molecule has 0 spiro atoms. The van der Waals surface area contributed by atoms with Crippen LogP contribution >= 0.6 is 0 Å². The van der Waals surface area contributed by atoms with E-state index in [0.29, 0.717) is 68.8 Å². The Labute approximate surface area is 208 Å². The van der Waals surface area contributed by atoms with Crippen molar-refractivity contribution in [2.75, 3.05) is 69.4 Å². The quantitative estimate of drug-likeness (QED) is 0.529. The van der Waals surface area contributed by atoms with E-state index in [4.69, 9.17) is 14.2 Å². The number of rotatable bonds is 7. The van der Waals surface area contributed by atoms with Gasteiger partial charge in [0.1, 0.15) is 23.8 Å². The summed E-state index contributed by atoms with van der Waals surface area (Å²) >= 11 is 0. The lowest BCUT2D eigenvalue weighted by molar-refractivity contribution is -0.136. The molecule has 2 aromatic heterocycles. The van der Waals surface area contributed by atoms with E-state index in [0.717, 1.165) is 24.3 Å². The topological polar surface area (TPSA) is 111 Å². The standard InChI is InChI=1S/C25H30N6O5/c1-2-36-22-15-20-18(16-31(28-20)17-24(32)30-8-12-35-13-9-30)14-21(22)27-25(33)19-4-3-5-23(26-19)29-6-10-34-11-7-29/h3-5,14-16H,2,6-13,17H2,1H3,(H,27,33). The first kappa shape index (κ1) is 24.0. The van der Waals surface area contributed by atoms with Gasteiger partial charge in [0.05, 0.1) is 44.2 Å². The molecule has 190 valence electrons. The molecule has 4 heterocycles. The second-order valence-electron chi connectivity index (χ2n) is 8.59. The Balaban J connectivity index is 1.35. The van der Waals surface area contributed by atoms with Gasteiger partial charge in [-0.1, -0.05) is 6.07 Å². The fourth-order valence-corrected chi connectivity index (χ4v) is 4.31. The van der Waals surface area contributed by atoms with E-state index < -0.39 is 0 Å². The van der Waals surface area contributed by atoms with E-state index in [1.54, 1.807) is 27.9 Å². The summed E-state index contributed by atoms with van der Waals surface area (Å²) in [4.78, 5) is 34.2. The van der Waals surface area contributed by atoms with Crippen LogP contribution in [0, 0.1) is 0 Å². The number of hydrogen-bond donors (Lipinski definition) is 1. The largest absolute Gasteiger partial charge is 0.492 e. The molecule has 3 aromatic rings. The van der Waals surface area contributed by atoms with E-state index in [1.165, 1.54) is 0 Å². The van der Waals surface area contributed by atoms with Crippen LogP contribution in [0.25, 0.3) is 10.9 Å². The highest BCUT2D eigenvalue weighted by molar-refractivity contribution is 6.05. The van der Waals surface area contributed by atoms with Crippen LogP contribution in [-0.4, -0.2) is 90.7 Å². The molecule has 2 aliphatic rings. The van der Waals surface area contributed by atoms with E-state index in [1.807, 2.05) is 25.1 Å². The number of benzene rings is 1. The molecule has 36 heavy (non-hydrogen) atoms. The van der Waals surface area contributed by atoms with E-state index in [2.05, 4.69) is 20.3 Å². The second-order valence-corrected chi connectivity index (χ2v) is 8.59. The van der Waals surface area contributed by atoms with Gasteiger partial charge in [-0.3, -0.25) is 14.3 Å². The zero-order valence-electron chi connectivity index (χ0n) is 20.3. The highest BCUT2D eigenvalue weighted by atomic mass is 16.5. The minimum Gasteiger partial charge on any atom is -0.492 e. The Morgan fingerprint density at radius 2 is 1.81 bits per heavy atom. The first-order chi connectivity index (χ1) is 17.6. The number of ether oxygens (including phenoxy) is 3. The Bertz CT molecular complexity index is 1230. The Kier molecular flexibility index (Phi) is 7.28. The van der Waals surface area contributed by atoms with Crippen LogP contribution < -0.4 is 15.0 Å². The number of hydrogen-bond acceptors (Lipinski definition) is 8. The summed E-state index contributed by atoms with van der Waals surface area (Å²) in [5.74, 6) is 0.918. The van der Waals surface area contributed by atoms with Gasteiger partial charge in [0.15, 0.2) is 0 Å². The van der Waals surface area contributed by atoms with Gasteiger partial charge in [0.25, 0.3) is 5.91 Å². The van der Waals surface area contributed by atoms with Crippen LogP contribution in [0.2, 0.25) is 0 Å². The van der Waals surface area contributed by atoms with Crippen LogP contribution in [-0.2, 0) is 20.8 Å². The molecule has 1 aromatic carbocycles. The van der Waals surface area contributed by atoms with E-state index in [-0.39, 0.29) is 18.4 Å². The smallest absolute Gasteiger partial charge is 0.274 e. The third-order valence-corrected chi connectivity index (χ3v) is 6.16. The van der Waals surface area contributed by atoms with E-state index in [9.17, 15) is 9.59 Å². The normalized spacial score (nSPS) is 16.2. The van der Waals surface area contributed by atoms with Crippen molar-refractivity contribution in [2.45, 2.75) is 13.5 Å². The zero-order valence-corrected chi connectivity index (χ0v) is 20.3. The van der Waals surface area contributed by atoms with Crippen LogP contribution in [0.15, 0.2) is 36.5 Å². The highest BCUT2D eigenvalue weighted by Gasteiger charge is 2.20. The van der Waals surface area contributed by atoms with Gasteiger partial charge in [-0.15, -0.1) is 0 Å². The lowest BCUT2D eigenvalue weighted by Gasteiger charge is -2.27. The predicted octanol–water partition coefficient (Wildman–Crippen LogP) is 1.78. The van der Waals surface area contributed by atoms with Crippen molar-refractivity contribution >= 4 is 34.2 Å². The van der Waals surface area contributed by atoms with Gasteiger partial charge in [0, 0.05) is 43.8 Å². The monoisotopic (exact) mass is 494 g/mol. The molecule has 0 unspecified atom stereocenters. The lowest BCUT2D eigenvalue weighted by Crippen LogP contribution is -2.42. The van der Waals surface area contributed by atoms with Crippen molar-refractivity contribution in [1.82, 2.24) is 19.7 Å². The first-order valence-corrected chi connectivity index (χ1v) is 12.2. The average molecular weight is 495 g/mol. The number of nitrogens with zero attached hydrogens (tertiary/aromatic N) is 5. The number of pyridine rings is 1. The molecule has 2 amide bonds. The molecule has 0 saturated carbocycles. The number of nitrogens with one attached hydrogen (secondary N) is 1. The third-order valence-electron chi connectivity index (χ3n) is 6.16. The summed E-state index contributed by atoms with van der Waals surface area (Å²) in [6.07, 6.45) is 1.80. The molecule has 1 N–H and O–H groups in total.